The smallest absolute Gasteiger partial charge is 0.319 e. The maximum Gasteiger partial charge on any atom is 0.331 e. The SMILES string of the molecule is CN(C[C]=O)C(=O)NN. The summed E-state index contributed by atoms with van der Waals surface area (Å²) in [6, 6.07) is -0.502. The van der Waals surface area contributed by atoms with Gasteiger partial charge in [0.2, 0.25) is 6.29 Å². The molecule has 0 aromatic carbocycles. The van der Waals surface area contributed by atoms with E-state index in [-0.39, 0.29) is 6.54 Å². The van der Waals surface area contributed by atoms with Crippen LogP contribution >= 0.6 is 0 Å². The van der Waals surface area contributed by atoms with Crippen molar-refractivity contribution >= 4 is 12.3 Å². The molecule has 0 spiro atoms. The second-order valence-corrected chi connectivity index (χ2v) is 1.45. The Morgan fingerprint density at radius 1 is 1.89 bits per heavy atom. The van der Waals surface area contributed by atoms with Crippen molar-refractivity contribution in [1.29, 1.82) is 0 Å². The van der Waals surface area contributed by atoms with Crippen LogP contribution in [0, 0.1) is 0 Å². The van der Waals surface area contributed by atoms with Gasteiger partial charge in [0.25, 0.3) is 0 Å². The van der Waals surface area contributed by atoms with Crippen molar-refractivity contribution in [2.45, 2.75) is 0 Å². The highest BCUT2D eigenvalue weighted by atomic mass is 16.2. The highest BCUT2D eigenvalue weighted by molar-refractivity contribution is 5.75. The molecule has 0 fully saturated rings. The van der Waals surface area contributed by atoms with Gasteiger partial charge in [-0.05, 0) is 0 Å². The largest absolute Gasteiger partial charge is 0.331 e. The first-order chi connectivity index (χ1) is 4.22. The summed E-state index contributed by atoms with van der Waals surface area (Å²) < 4.78 is 0. The van der Waals surface area contributed by atoms with Gasteiger partial charge in [-0.25, -0.2) is 10.6 Å². The third-order valence-corrected chi connectivity index (χ3v) is 0.772. The van der Waals surface area contributed by atoms with Gasteiger partial charge in [0.1, 0.15) is 0 Å². The molecule has 0 aliphatic heterocycles. The van der Waals surface area contributed by atoms with Gasteiger partial charge in [0.05, 0.1) is 6.54 Å². The number of nitrogens with one attached hydrogen (secondary N) is 1. The van der Waals surface area contributed by atoms with Crippen LogP contribution in [0.1, 0.15) is 0 Å². The quantitative estimate of drug-likeness (QED) is 0.274. The Morgan fingerprint density at radius 2 is 2.44 bits per heavy atom. The molecule has 0 aliphatic carbocycles. The summed E-state index contributed by atoms with van der Waals surface area (Å²) in [5.41, 5.74) is 1.86. The van der Waals surface area contributed by atoms with Gasteiger partial charge >= 0.3 is 6.03 Å². The van der Waals surface area contributed by atoms with E-state index < -0.39 is 6.03 Å². The molecule has 0 aliphatic rings. The zero-order valence-corrected chi connectivity index (χ0v) is 5.05. The minimum absolute atomic E-state index is 0.0664. The zero-order chi connectivity index (χ0) is 7.28. The molecule has 0 unspecified atom stereocenters. The fraction of sp³-hybridized carbons (Fsp3) is 0.500. The predicted molar refractivity (Wildman–Crippen MR) is 31.0 cm³/mol. The van der Waals surface area contributed by atoms with Crippen LogP contribution in [-0.2, 0) is 4.79 Å². The van der Waals surface area contributed by atoms with Gasteiger partial charge in [0, 0.05) is 7.05 Å². The summed E-state index contributed by atoms with van der Waals surface area (Å²) in [7, 11) is 1.44. The average molecular weight is 130 g/mol. The summed E-state index contributed by atoms with van der Waals surface area (Å²) in [6.07, 6.45) is 1.54. The van der Waals surface area contributed by atoms with Crippen LogP contribution in [0.5, 0.6) is 0 Å². The number of carbonyl (C=O) groups is 1. The first-order valence-electron chi connectivity index (χ1n) is 2.29. The number of nitrogens with two attached hydrogens (primary N) is 1. The Labute approximate surface area is 52.8 Å². The molecule has 0 aromatic heterocycles. The molecular formula is C4H8N3O2. The number of hydrazine groups is 1. The van der Waals surface area contributed by atoms with E-state index in [0.717, 1.165) is 4.90 Å². The summed E-state index contributed by atoms with van der Waals surface area (Å²) in [6.45, 7) is -0.0664. The van der Waals surface area contributed by atoms with Crippen LogP contribution in [0.15, 0.2) is 0 Å². The Morgan fingerprint density at radius 3 is 2.78 bits per heavy atom. The summed E-state index contributed by atoms with van der Waals surface area (Å²) >= 11 is 0. The maximum atomic E-state index is 10.4. The fourth-order valence-corrected chi connectivity index (χ4v) is 0.279. The van der Waals surface area contributed by atoms with Gasteiger partial charge < -0.3 is 4.90 Å². The topological polar surface area (TPSA) is 75.4 Å². The molecule has 51 valence electrons. The lowest BCUT2D eigenvalue weighted by atomic mass is 10.6. The van der Waals surface area contributed by atoms with Crippen molar-refractivity contribution in [2.24, 2.45) is 5.84 Å². The van der Waals surface area contributed by atoms with Crippen molar-refractivity contribution in [3.05, 3.63) is 0 Å². The molecule has 0 saturated carbocycles. The standard InChI is InChI=1S/C4H8N3O2/c1-7(2-3-8)4(9)6-5/h2,5H2,1H3,(H,6,9). The molecule has 9 heavy (non-hydrogen) atoms. The molecule has 0 aromatic rings. The lowest BCUT2D eigenvalue weighted by Crippen LogP contribution is -2.41. The van der Waals surface area contributed by atoms with Crippen molar-refractivity contribution in [2.75, 3.05) is 13.6 Å². The molecule has 0 rings (SSSR count). The van der Waals surface area contributed by atoms with Gasteiger partial charge in [-0.3, -0.25) is 10.2 Å². The van der Waals surface area contributed by atoms with E-state index in [1.54, 1.807) is 6.29 Å². The predicted octanol–water partition coefficient (Wildman–Crippen LogP) is -1.39. The second-order valence-electron chi connectivity index (χ2n) is 1.45. The van der Waals surface area contributed by atoms with Crippen LogP contribution in [0.4, 0.5) is 4.79 Å². The minimum Gasteiger partial charge on any atom is -0.319 e. The Bertz CT molecular complexity index is 114. The molecule has 0 bridgehead atoms. The molecule has 1 radical (unpaired) electrons. The van der Waals surface area contributed by atoms with Crippen LogP contribution in [0.3, 0.4) is 0 Å². The molecule has 5 heteroatoms. The second kappa shape index (κ2) is 3.85. The van der Waals surface area contributed by atoms with E-state index in [0.29, 0.717) is 0 Å². The molecular weight excluding hydrogens is 122 g/mol. The number of amides is 2. The third kappa shape index (κ3) is 2.65. The summed E-state index contributed by atoms with van der Waals surface area (Å²) in [5, 5.41) is 0. The number of rotatable bonds is 2. The van der Waals surface area contributed by atoms with Crippen LogP contribution in [0.2, 0.25) is 0 Å². The van der Waals surface area contributed by atoms with E-state index in [9.17, 15) is 9.59 Å². The number of urea groups is 1. The number of hydrogen-bond acceptors (Lipinski definition) is 3. The van der Waals surface area contributed by atoms with E-state index in [1.165, 1.54) is 7.05 Å². The Balaban J connectivity index is 3.58. The normalized spacial score (nSPS) is 8.22. The van der Waals surface area contributed by atoms with Crippen molar-refractivity contribution in [3.8, 4) is 0 Å². The Hall–Kier alpha value is -1.10. The summed E-state index contributed by atoms with van der Waals surface area (Å²) in [4.78, 5) is 21.2. The molecule has 0 atom stereocenters. The lowest BCUT2D eigenvalue weighted by molar-refractivity contribution is 0.214. The molecule has 5 nitrogen and oxygen atoms in total. The monoisotopic (exact) mass is 130 g/mol. The zero-order valence-electron chi connectivity index (χ0n) is 5.05. The third-order valence-electron chi connectivity index (χ3n) is 0.772. The number of hydrogen-bond donors (Lipinski definition) is 2. The average Bonchev–Trinajstić information content (AvgIpc) is 1.87. The number of likely N-dealkylation sites (N-methyl/N-ethyl adjacent to an activating group) is 1. The van der Waals surface area contributed by atoms with E-state index >= 15 is 0 Å². The van der Waals surface area contributed by atoms with Crippen LogP contribution in [-0.4, -0.2) is 30.8 Å². The van der Waals surface area contributed by atoms with Gasteiger partial charge in [-0.1, -0.05) is 0 Å². The highest BCUT2D eigenvalue weighted by Crippen LogP contribution is 1.76. The lowest BCUT2D eigenvalue weighted by Gasteiger charge is -2.10. The maximum absolute atomic E-state index is 10.4. The van der Waals surface area contributed by atoms with E-state index in [4.69, 9.17) is 5.84 Å². The first-order valence-corrected chi connectivity index (χ1v) is 2.29. The van der Waals surface area contributed by atoms with Crippen molar-refractivity contribution in [1.82, 2.24) is 10.3 Å². The number of carbonyl (C=O) groups excluding carboxylic acids is 2. The molecule has 3 N–H and O–H groups in total. The molecule has 0 saturated heterocycles. The first kappa shape index (κ1) is 7.90. The van der Waals surface area contributed by atoms with Gasteiger partial charge in [-0.2, -0.15) is 0 Å². The fourth-order valence-electron chi connectivity index (χ4n) is 0.279. The molecule has 2 amide bonds. The van der Waals surface area contributed by atoms with Gasteiger partial charge in [-0.15, -0.1) is 0 Å². The van der Waals surface area contributed by atoms with Crippen LogP contribution < -0.4 is 11.3 Å². The summed E-state index contributed by atoms with van der Waals surface area (Å²) in [5.74, 6) is 4.73. The van der Waals surface area contributed by atoms with Crippen LogP contribution in [0.25, 0.3) is 0 Å². The molecule has 0 heterocycles. The van der Waals surface area contributed by atoms with E-state index in [2.05, 4.69) is 0 Å². The van der Waals surface area contributed by atoms with Gasteiger partial charge in [0.15, 0.2) is 0 Å². The van der Waals surface area contributed by atoms with E-state index in [1.807, 2.05) is 5.43 Å². The minimum atomic E-state index is -0.502. The van der Waals surface area contributed by atoms with Crippen molar-refractivity contribution < 1.29 is 9.59 Å². The highest BCUT2D eigenvalue weighted by Gasteiger charge is 2.03. The van der Waals surface area contributed by atoms with Crippen molar-refractivity contribution in [3.63, 3.8) is 0 Å². The number of nitrogens with zero attached hydrogens (tertiary/aromatic N) is 1. The Kier molecular flexibility index (Phi) is 3.38.